The van der Waals surface area contributed by atoms with Crippen molar-refractivity contribution in [1.29, 1.82) is 0 Å². The highest BCUT2D eigenvalue weighted by atomic mass is 32.1. The number of methoxy groups -OCH3 is 2. The Bertz CT molecular complexity index is 421. The first-order valence-corrected chi connectivity index (χ1v) is 6.06. The number of carbonyl (C=O) groups is 1. The summed E-state index contributed by atoms with van der Waals surface area (Å²) in [6, 6.07) is 0. The SMILES string of the molecule is COC(=O)c1c(N)nsc1N1CCC(OC)C1. The second-order valence-corrected chi connectivity index (χ2v) is 4.58. The molecule has 0 aromatic carbocycles. The molecular formula is C10H15N3O3S. The summed E-state index contributed by atoms with van der Waals surface area (Å²) in [5.74, 6) is -0.204. The van der Waals surface area contributed by atoms with E-state index in [4.69, 9.17) is 15.2 Å². The monoisotopic (exact) mass is 257 g/mol. The average molecular weight is 257 g/mol. The van der Waals surface area contributed by atoms with E-state index in [2.05, 4.69) is 9.27 Å². The zero-order chi connectivity index (χ0) is 12.4. The molecule has 2 heterocycles. The average Bonchev–Trinajstić information content (AvgIpc) is 2.94. The zero-order valence-electron chi connectivity index (χ0n) is 9.80. The highest BCUT2D eigenvalue weighted by Crippen LogP contribution is 2.33. The Labute approximate surface area is 103 Å². The summed E-state index contributed by atoms with van der Waals surface area (Å²) in [6.07, 6.45) is 1.14. The van der Waals surface area contributed by atoms with Crippen LogP contribution in [0, 0.1) is 0 Å². The number of carbonyl (C=O) groups excluding carboxylic acids is 1. The Balaban J connectivity index is 2.24. The molecule has 2 N–H and O–H groups in total. The van der Waals surface area contributed by atoms with Gasteiger partial charge in [0, 0.05) is 20.2 Å². The fourth-order valence-electron chi connectivity index (χ4n) is 1.91. The topological polar surface area (TPSA) is 77.7 Å². The van der Waals surface area contributed by atoms with Gasteiger partial charge in [0.2, 0.25) is 0 Å². The number of ether oxygens (including phenoxy) is 2. The summed E-state index contributed by atoms with van der Waals surface area (Å²) in [5.41, 5.74) is 6.06. The third-order valence-corrected chi connectivity index (χ3v) is 3.78. The van der Waals surface area contributed by atoms with Gasteiger partial charge in [-0.05, 0) is 18.0 Å². The number of hydrogen-bond donors (Lipinski definition) is 1. The highest BCUT2D eigenvalue weighted by Gasteiger charge is 2.29. The number of esters is 1. The van der Waals surface area contributed by atoms with Gasteiger partial charge in [-0.3, -0.25) is 0 Å². The van der Waals surface area contributed by atoms with Crippen LogP contribution in [0.15, 0.2) is 0 Å². The number of hydrogen-bond acceptors (Lipinski definition) is 7. The predicted molar refractivity (Wildman–Crippen MR) is 65.5 cm³/mol. The van der Waals surface area contributed by atoms with E-state index in [1.54, 1.807) is 7.11 Å². The molecule has 0 amide bonds. The van der Waals surface area contributed by atoms with Crippen molar-refractivity contribution in [3.63, 3.8) is 0 Å². The molecule has 1 saturated heterocycles. The summed E-state index contributed by atoms with van der Waals surface area (Å²) in [5, 5.41) is 0.772. The first kappa shape index (κ1) is 12.1. The van der Waals surface area contributed by atoms with Crippen molar-refractivity contribution in [1.82, 2.24) is 4.37 Å². The molecule has 0 radical (unpaired) electrons. The minimum atomic E-state index is -0.438. The van der Waals surface area contributed by atoms with E-state index in [0.29, 0.717) is 5.56 Å². The van der Waals surface area contributed by atoms with Crippen LogP contribution in [0.1, 0.15) is 16.8 Å². The number of aromatic nitrogens is 1. The lowest BCUT2D eigenvalue weighted by molar-refractivity contribution is 0.0603. The smallest absolute Gasteiger partial charge is 0.344 e. The second kappa shape index (κ2) is 4.89. The van der Waals surface area contributed by atoms with Gasteiger partial charge in [-0.15, -0.1) is 0 Å². The van der Waals surface area contributed by atoms with Crippen molar-refractivity contribution in [2.24, 2.45) is 0 Å². The summed E-state index contributed by atoms with van der Waals surface area (Å²) < 4.78 is 14.0. The molecule has 94 valence electrons. The van der Waals surface area contributed by atoms with Crippen LogP contribution in [0.4, 0.5) is 10.8 Å². The van der Waals surface area contributed by atoms with Crippen molar-refractivity contribution in [3.8, 4) is 0 Å². The molecule has 1 aliphatic heterocycles. The lowest BCUT2D eigenvalue weighted by Gasteiger charge is -2.16. The fourth-order valence-corrected chi connectivity index (χ4v) is 2.74. The van der Waals surface area contributed by atoms with Crippen LogP contribution in [-0.4, -0.2) is 43.8 Å². The van der Waals surface area contributed by atoms with Crippen LogP contribution in [0.3, 0.4) is 0 Å². The van der Waals surface area contributed by atoms with Crippen molar-refractivity contribution in [2.45, 2.75) is 12.5 Å². The molecule has 2 rings (SSSR count). The maximum absolute atomic E-state index is 11.6. The molecule has 1 unspecified atom stereocenters. The molecule has 0 spiro atoms. The first-order valence-electron chi connectivity index (χ1n) is 5.28. The normalized spacial score (nSPS) is 19.6. The molecule has 1 aromatic rings. The van der Waals surface area contributed by atoms with Crippen molar-refractivity contribution in [3.05, 3.63) is 5.56 Å². The number of nitrogen functional groups attached to an aromatic ring is 1. The minimum Gasteiger partial charge on any atom is -0.465 e. The van der Waals surface area contributed by atoms with Crippen molar-refractivity contribution >= 4 is 28.3 Å². The van der Waals surface area contributed by atoms with Gasteiger partial charge in [-0.25, -0.2) is 4.79 Å². The van der Waals surface area contributed by atoms with E-state index in [-0.39, 0.29) is 11.9 Å². The summed E-state index contributed by atoms with van der Waals surface area (Å²) >= 11 is 1.22. The van der Waals surface area contributed by atoms with Crippen LogP contribution in [-0.2, 0) is 9.47 Å². The maximum Gasteiger partial charge on any atom is 0.344 e. The van der Waals surface area contributed by atoms with Crippen LogP contribution in [0.5, 0.6) is 0 Å². The molecule has 17 heavy (non-hydrogen) atoms. The molecule has 0 saturated carbocycles. The Morgan fingerprint density at radius 3 is 2.94 bits per heavy atom. The third-order valence-electron chi connectivity index (χ3n) is 2.86. The van der Waals surface area contributed by atoms with E-state index in [1.165, 1.54) is 18.6 Å². The van der Waals surface area contributed by atoms with Crippen LogP contribution < -0.4 is 10.6 Å². The molecule has 6 nitrogen and oxygen atoms in total. The van der Waals surface area contributed by atoms with Gasteiger partial charge in [0.05, 0.1) is 13.2 Å². The Morgan fingerprint density at radius 1 is 1.59 bits per heavy atom. The van der Waals surface area contributed by atoms with Gasteiger partial charge < -0.3 is 20.1 Å². The van der Waals surface area contributed by atoms with Crippen molar-refractivity contribution < 1.29 is 14.3 Å². The fraction of sp³-hybridized carbons (Fsp3) is 0.600. The van der Waals surface area contributed by atoms with Crippen LogP contribution >= 0.6 is 11.5 Å². The minimum absolute atomic E-state index is 0.198. The summed E-state index contributed by atoms with van der Waals surface area (Å²) in [4.78, 5) is 13.7. The van der Waals surface area contributed by atoms with E-state index in [9.17, 15) is 4.79 Å². The summed E-state index contributed by atoms with van der Waals surface area (Å²) in [7, 11) is 3.03. The quantitative estimate of drug-likeness (QED) is 0.805. The van der Waals surface area contributed by atoms with Gasteiger partial charge in [-0.1, -0.05) is 0 Å². The number of nitrogens with two attached hydrogens (primary N) is 1. The van der Waals surface area contributed by atoms with Gasteiger partial charge in [0.25, 0.3) is 0 Å². The van der Waals surface area contributed by atoms with Gasteiger partial charge >= 0.3 is 5.97 Å². The number of nitrogens with zero attached hydrogens (tertiary/aromatic N) is 2. The Morgan fingerprint density at radius 2 is 2.35 bits per heavy atom. The number of rotatable bonds is 3. The van der Waals surface area contributed by atoms with E-state index < -0.39 is 5.97 Å². The van der Waals surface area contributed by atoms with Crippen LogP contribution in [0.25, 0.3) is 0 Å². The van der Waals surface area contributed by atoms with E-state index in [0.717, 1.165) is 24.5 Å². The molecule has 0 bridgehead atoms. The van der Waals surface area contributed by atoms with Crippen molar-refractivity contribution in [2.75, 3.05) is 37.9 Å². The Kier molecular flexibility index (Phi) is 3.49. The lowest BCUT2D eigenvalue weighted by Crippen LogP contribution is -2.23. The number of anilines is 2. The second-order valence-electron chi connectivity index (χ2n) is 3.83. The molecular weight excluding hydrogens is 242 g/mol. The molecule has 1 atom stereocenters. The predicted octanol–water partition coefficient (Wildman–Crippen LogP) is 0.737. The maximum atomic E-state index is 11.6. The van der Waals surface area contributed by atoms with Gasteiger partial charge in [0.15, 0.2) is 5.82 Å². The zero-order valence-corrected chi connectivity index (χ0v) is 10.6. The van der Waals surface area contributed by atoms with Crippen LogP contribution in [0.2, 0.25) is 0 Å². The first-order chi connectivity index (χ1) is 8.17. The molecule has 1 aliphatic rings. The lowest BCUT2D eigenvalue weighted by atomic mass is 10.3. The summed E-state index contributed by atoms with van der Waals surface area (Å²) in [6.45, 7) is 1.59. The van der Waals surface area contributed by atoms with E-state index in [1.807, 2.05) is 0 Å². The van der Waals surface area contributed by atoms with Gasteiger partial charge in [0.1, 0.15) is 10.6 Å². The van der Waals surface area contributed by atoms with E-state index >= 15 is 0 Å². The van der Waals surface area contributed by atoms with Gasteiger partial charge in [-0.2, -0.15) is 4.37 Å². The molecule has 1 aromatic heterocycles. The standard InChI is InChI=1S/C10H15N3O3S/c1-15-6-3-4-13(5-6)9-7(10(14)16-2)8(11)12-17-9/h6H,3-5H2,1-2H3,(H2,11,12). The third kappa shape index (κ3) is 2.20. The largest absolute Gasteiger partial charge is 0.465 e. The molecule has 7 heteroatoms. The Hall–Kier alpha value is -1.34. The molecule has 0 aliphatic carbocycles. The highest BCUT2D eigenvalue weighted by molar-refractivity contribution is 7.11. The molecule has 1 fully saturated rings.